The van der Waals surface area contributed by atoms with Crippen LogP contribution in [0.1, 0.15) is 41.7 Å². The summed E-state index contributed by atoms with van der Waals surface area (Å²) >= 11 is 6.43. The summed E-state index contributed by atoms with van der Waals surface area (Å²) < 4.78 is 0. The SMILES string of the molecule is C[C@H](c1ccncc1)N(C)C(=O)c1ccc(N2CCCC2)c(Cl)c1. The standard InChI is InChI=1S/C19H22ClN3O/c1-14(15-7-9-21-10-8-15)22(2)19(24)16-5-6-18(17(20)13-16)23-11-3-4-12-23/h5-10,13-14H,3-4,11-12H2,1-2H3/t14-/m1/s1. The summed E-state index contributed by atoms with van der Waals surface area (Å²) in [5.74, 6) is -0.0332. The molecule has 2 heterocycles. The summed E-state index contributed by atoms with van der Waals surface area (Å²) in [7, 11) is 1.82. The van der Waals surface area contributed by atoms with Gasteiger partial charge in [0.15, 0.2) is 0 Å². The van der Waals surface area contributed by atoms with E-state index in [0.29, 0.717) is 10.6 Å². The fourth-order valence-electron chi connectivity index (χ4n) is 3.10. The summed E-state index contributed by atoms with van der Waals surface area (Å²) in [6.07, 6.45) is 5.88. The van der Waals surface area contributed by atoms with Crippen molar-refractivity contribution in [3.63, 3.8) is 0 Å². The Morgan fingerprint density at radius 2 is 1.88 bits per heavy atom. The third kappa shape index (κ3) is 3.39. The number of amides is 1. The molecule has 0 N–H and O–H groups in total. The van der Waals surface area contributed by atoms with Gasteiger partial charge in [-0.1, -0.05) is 11.6 Å². The normalized spacial score (nSPS) is 15.4. The van der Waals surface area contributed by atoms with Gasteiger partial charge in [0.05, 0.1) is 16.8 Å². The molecule has 2 aromatic rings. The number of aromatic nitrogens is 1. The van der Waals surface area contributed by atoms with Gasteiger partial charge in [-0.15, -0.1) is 0 Å². The van der Waals surface area contributed by atoms with Gasteiger partial charge < -0.3 is 9.80 Å². The molecule has 0 saturated carbocycles. The molecule has 0 aliphatic carbocycles. The van der Waals surface area contributed by atoms with Crippen LogP contribution in [0.5, 0.6) is 0 Å². The van der Waals surface area contributed by atoms with E-state index in [1.54, 1.807) is 23.4 Å². The van der Waals surface area contributed by atoms with E-state index < -0.39 is 0 Å². The molecule has 1 saturated heterocycles. The topological polar surface area (TPSA) is 36.4 Å². The number of carbonyl (C=O) groups is 1. The summed E-state index contributed by atoms with van der Waals surface area (Å²) in [4.78, 5) is 20.8. The van der Waals surface area contributed by atoms with Crippen LogP contribution in [0, 0.1) is 0 Å². The Morgan fingerprint density at radius 3 is 2.50 bits per heavy atom. The minimum absolute atomic E-state index is 0.0301. The lowest BCUT2D eigenvalue weighted by atomic mass is 10.1. The van der Waals surface area contributed by atoms with Gasteiger partial charge in [0, 0.05) is 38.1 Å². The number of carbonyl (C=O) groups excluding carboxylic acids is 1. The van der Waals surface area contributed by atoms with Gasteiger partial charge in [-0.25, -0.2) is 0 Å². The molecule has 1 amide bonds. The highest BCUT2D eigenvalue weighted by atomic mass is 35.5. The number of nitrogens with zero attached hydrogens (tertiary/aromatic N) is 3. The molecule has 0 radical (unpaired) electrons. The lowest BCUT2D eigenvalue weighted by molar-refractivity contribution is 0.0742. The maximum Gasteiger partial charge on any atom is 0.254 e. The number of benzene rings is 1. The number of hydrogen-bond acceptors (Lipinski definition) is 3. The third-order valence-corrected chi connectivity index (χ3v) is 5.03. The third-order valence-electron chi connectivity index (χ3n) is 4.73. The average Bonchev–Trinajstić information content (AvgIpc) is 3.14. The zero-order valence-corrected chi connectivity index (χ0v) is 14.8. The van der Waals surface area contributed by atoms with Crippen molar-refractivity contribution in [2.24, 2.45) is 0 Å². The van der Waals surface area contributed by atoms with Crippen molar-refractivity contribution in [3.05, 3.63) is 58.9 Å². The van der Waals surface area contributed by atoms with Gasteiger partial charge >= 0.3 is 0 Å². The van der Waals surface area contributed by atoms with Crippen LogP contribution in [0.3, 0.4) is 0 Å². The first-order valence-corrected chi connectivity index (χ1v) is 8.67. The highest BCUT2D eigenvalue weighted by molar-refractivity contribution is 6.33. The minimum Gasteiger partial charge on any atom is -0.370 e. The van der Waals surface area contributed by atoms with E-state index in [9.17, 15) is 4.79 Å². The maximum atomic E-state index is 12.8. The molecule has 1 atom stereocenters. The van der Waals surface area contributed by atoms with Crippen LogP contribution >= 0.6 is 11.6 Å². The fourth-order valence-corrected chi connectivity index (χ4v) is 3.40. The molecule has 1 aromatic heterocycles. The first-order chi connectivity index (χ1) is 11.6. The van der Waals surface area contributed by atoms with Gasteiger partial charge in [0.1, 0.15) is 0 Å². The number of pyridine rings is 1. The molecule has 1 aliphatic rings. The van der Waals surface area contributed by atoms with Crippen molar-refractivity contribution in [2.75, 3.05) is 25.0 Å². The molecule has 0 bridgehead atoms. The van der Waals surface area contributed by atoms with Crippen LogP contribution in [-0.2, 0) is 0 Å². The average molecular weight is 344 g/mol. The molecule has 0 spiro atoms. The zero-order chi connectivity index (χ0) is 17.1. The van der Waals surface area contributed by atoms with Crippen molar-refractivity contribution < 1.29 is 4.79 Å². The first kappa shape index (κ1) is 16.8. The molecule has 5 heteroatoms. The van der Waals surface area contributed by atoms with Gasteiger partial charge in [-0.05, 0) is 55.7 Å². The molecule has 1 fully saturated rings. The Morgan fingerprint density at radius 1 is 1.21 bits per heavy atom. The van der Waals surface area contributed by atoms with Crippen LogP contribution in [0.2, 0.25) is 5.02 Å². The number of hydrogen-bond donors (Lipinski definition) is 0. The Kier molecular flexibility index (Phi) is 5.05. The van der Waals surface area contributed by atoms with E-state index in [-0.39, 0.29) is 11.9 Å². The van der Waals surface area contributed by atoms with Crippen LogP contribution in [0.25, 0.3) is 0 Å². The molecular formula is C19H22ClN3O. The Labute approximate surface area is 148 Å². The molecule has 3 rings (SSSR count). The highest BCUT2D eigenvalue weighted by Gasteiger charge is 2.21. The molecule has 126 valence electrons. The smallest absolute Gasteiger partial charge is 0.254 e. The van der Waals surface area contributed by atoms with E-state index in [0.717, 1.165) is 24.3 Å². The predicted molar refractivity (Wildman–Crippen MR) is 97.6 cm³/mol. The highest BCUT2D eigenvalue weighted by Crippen LogP contribution is 2.30. The quantitative estimate of drug-likeness (QED) is 0.836. The largest absolute Gasteiger partial charge is 0.370 e. The summed E-state index contributed by atoms with van der Waals surface area (Å²) in [6, 6.07) is 9.45. The molecule has 1 aliphatic heterocycles. The molecular weight excluding hydrogens is 322 g/mol. The van der Waals surface area contributed by atoms with E-state index in [4.69, 9.17) is 11.6 Å². The van der Waals surface area contributed by atoms with Crippen molar-refractivity contribution >= 4 is 23.2 Å². The predicted octanol–water partition coefficient (Wildman–Crippen LogP) is 4.17. The van der Waals surface area contributed by atoms with E-state index >= 15 is 0 Å². The summed E-state index contributed by atoms with van der Waals surface area (Å²) in [5, 5.41) is 0.646. The lowest BCUT2D eigenvalue weighted by Crippen LogP contribution is -2.29. The minimum atomic E-state index is -0.0332. The Hall–Kier alpha value is -2.07. The van der Waals surface area contributed by atoms with Crippen LogP contribution in [0.15, 0.2) is 42.7 Å². The first-order valence-electron chi connectivity index (χ1n) is 8.29. The van der Waals surface area contributed by atoms with E-state index in [1.165, 1.54) is 12.8 Å². The van der Waals surface area contributed by atoms with Crippen molar-refractivity contribution in [2.45, 2.75) is 25.8 Å². The second-order valence-corrected chi connectivity index (χ2v) is 6.64. The monoisotopic (exact) mass is 343 g/mol. The number of halogens is 1. The molecule has 1 aromatic carbocycles. The molecule has 24 heavy (non-hydrogen) atoms. The van der Waals surface area contributed by atoms with Crippen molar-refractivity contribution in [1.29, 1.82) is 0 Å². The van der Waals surface area contributed by atoms with E-state index in [2.05, 4.69) is 9.88 Å². The lowest BCUT2D eigenvalue weighted by Gasteiger charge is -2.26. The Balaban J connectivity index is 1.78. The van der Waals surface area contributed by atoms with Gasteiger partial charge in [0.25, 0.3) is 5.91 Å². The van der Waals surface area contributed by atoms with Gasteiger partial charge in [-0.2, -0.15) is 0 Å². The van der Waals surface area contributed by atoms with Gasteiger partial charge in [-0.3, -0.25) is 9.78 Å². The van der Waals surface area contributed by atoms with Crippen molar-refractivity contribution in [3.8, 4) is 0 Å². The number of anilines is 1. The maximum absolute atomic E-state index is 12.8. The summed E-state index contributed by atoms with van der Waals surface area (Å²) in [5.41, 5.74) is 2.70. The van der Waals surface area contributed by atoms with Crippen LogP contribution in [0.4, 0.5) is 5.69 Å². The van der Waals surface area contributed by atoms with Gasteiger partial charge in [0.2, 0.25) is 0 Å². The van der Waals surface area contributed by atoms with Crippen LogP contribution < -0.4 is 4.90 Å². The second-order valence-electron chi connectivity index (χ2n) is 6.23. The fraction of sp³-hybridized carbons (Fsp3) is 0.368. The molecule has 0 unspecified atom stereocenters. The number of rotatable bonds is 4. The van der Waals surface area contributed by atoms with Crippen LogP contribution in [-0.4, -0.2) is 35.9 Å². The summed E-state index contributed by atoms with van der Waals surface area (Å²) in [6.45, 7) is 4.07. The Bertz CT molecular complexity index is 714. The van der Waals surface area contributed by atoms with Crippen molar-refractivity contribution in [1.82, 2.24) is 9.88 Å². The molecule has 4 nitrogen and oxygen atoms in total. The zero-order valence-electron chi connectivity index (χ0n) is 14.1. The van der Waals surface area contributed by atoms with E-state index in [1.807, 2.05) is 38.2 Å². The second kappa shape index (κ2) is 7.22.